The Morgan fingerprint density at radius 1 is 0.508 bits per heavy atom. The first kappa shape index (κ1) is 56.2. The van der Waals surface area contributed by atoms with E-state index in [1.165, 1.54) is 193 Å². The summed E-state index contributed by atoms with van der Waals surface area (Å²) >= 11 is 0. The molecule has 1 aliphatic rings. The third-order valence-corrected chi connectivity index (χ3v) is 12.7. The quantitative estimate of drug-likeness (QED) is 0.0332. The molecule has 1 saturated heterocycles. The van der Waals surface area contributed by atoms with Gasteiger partial charge in [-0.15, -0.1) is 0 Å². The minimum absolute atomic E-state index is 0.131. The Morgan fingerprint density at radius 3 is 1.20 bits per heavy atom. The van der Waals surface area contributed by atoms with Gasteiger partial charge in [0.25, 0.3) is 0 Å². The molecule has 1 fully saturated rings. The smallest absolute Gasteiger partial charge is 0.220 e. The average molecular weight is 842 g/mol. The zero-order valence-corrected chi connectivity index (χ0v) is 38.8. The second kappa shape index (κ2) is 41.2. The molecule has 59 heavy (non-hydrogen) atoms. The normalized spacial score (nSPS) is 20.6. The summed E-state index contributed by atoms with van der Waals surface area (Å²) in [5, 5.41) is 54.5. The Kier molecular flexibility index (Phi) is 39.3. The van der Waals surface area contributed by atoms with Crippen LogP contribution in [0, 0.1) is 0 Å². The molecule has 2 unspecified atom stereocenters. The van der Waals surface area contributed by atoms with Crippen LogP contribution >= 0.6 is 0 Å². The van der Waals surface area contributed by atoms with E-state index >= 15 is 0 Å². The molecule has 0 aromatic rings. The van der Waals surface area contributed by atoms with Gasteiger partial charge in [0.2, 0.25) is 5.91 Å². The van der Waals surface area contributed by atoms with Crippen molar-refractivity contribution in [2.75, 3.05) is 13.2 Å². The number of carbonyl (C=O) groups is 1. The predicted octanol–water partition coefficient (Wildman–Crippen LogP) is 11.5. The van der Waals surface area contributed by atoms with Crippen LogP contribution in [-0.4, -0.2) is 87.5 Å². The highest BCUT2D eigenvalue weighted by atomic mass is 16.7. The first-order valence-corrected chi connectivity index (χ1v) is 25.7. The summed E-state index contributed by atoms with van der Waals surface area (Å²) in [6.45, 7) is 3.87. The van der Waals surface area contributed by atoms with Crippen LogP contribution in [0.5, 0.6) is 0 Å². The number of nitrogens with one attached hydrogen (secondary N) is 1. The zero-order chi connectivity index (χ0) is 43.0. The van der Waals surface area contributed by atoms with Gasteiger partial charge in [0.1, 0.15) is 24.4 Å². The molecule has 6 N–H and O–H groups in total. The van der Waals surface area contributed by atoms with Crippen LogP contribution in [0.3, 0.4) is 0 Å². The Bertz CT molecular complexity index is 893. The van der Waals surface area contributed by atoms with Crippen LogP contribution in [0.4, 0.5) is 0 Å². The first-order valence-electron chi connectivity index (χ1n) is 25.7. The van der Waals surface area contributed by atoms with Gasteiger partial charge in [-0.2, -0.15) is 0 Å². The Labute approximate surface area is 364 Å². The lowest BCUT2D eigenvalue weighted by Gasteiger charge is -2.40. The van der Waals surface area contributed by atoms with Crippen molar-refractivity contribution in [2.45, 2.75) is 301 Å². The minimum Gasteiger partial charge on any atom is -0.394 e. The lowest BCUT2D eigenvalue weighted by molar-refractivity contribution is -0.302. The monoisotopic (exact) mass is 842 g/mol. The number of aliphatic hydroxyl groups excluding tert-OH is 5. The molecular formula is C50H99NO8. The standard InChI is InChI=1S/C50H99NO8/c1-3-5-7-9-11-13-15-17-19-20-21-22-23-24-26-28-30-32-34-36-38-40-46(54)51-43(42-58-50-49(57)48(56)47(55)45(41-52)59-50)44(53)39-37-35-33-31-29-27-25-18-16-14-12-10-8-6-4-2/h43-45,47-50,52-53,55-57H,3-42H2,1-2H3,(H,51,54)/t43-,44+,45+,47+,48?,49?,50+/m0/s1. The highest BCUT2D eigenvalue weighted by Gasteiger charge is 2.44. The van der Waals surface area contributed by atoms with Crippen molar-refractivity contribution in [3.05, 3.63) is 0 Å². The summed E-state index contributed by atoms with van der Waals surface area (Å²) in [7, 11) is 0. The van der Waals surface area contributed by atoms with E-state index in [1.807, 2.05) is 0 Å². The molecule has 1 amide bonds. The van der Waals surface area contributed by atoms with Crippen molar-refractivity contribution in [1.29, 1.82) is 0 Å². The third-order valence-electron chi connectivity index (χ3n) is 12.7. The predicted molar refractivity (Wildman–Crippen MR) is 244 cm³/mol. The molecule has 9 heteroatoms. The van der Waals surface area contributed by atoms with Crippen molar-refractivity contribution in [3.63, 3.8) is 0 Å². The molecule has 7 atom stereocenters. The van der Waals surface area contributed by atoms with E-state index in [1.54, 1.807) is 0 Å². The number of hydrogen-bond acceptors (Lipinski definition) is 8. The number of hydrogen-bond donors (Lipinski definition) is 6. The van der Waals surface area contributed by atoms with Crippen LogP contribution in [-0.2, 0) is 14.3 Å². The highest BCUT2D eigenvalue weighted by Crippen LogP contribution is 2.23. The summed E-state index contributed by atoms with van der Waals surface area (Å²) < 4.78 is 11.3. The molecule has 0 aromatic carbocycles. The van der Waals surface area contributed by atoms with E-state index in [-0.39, 0.29) is 12.5 Å². The maximum Gasteiger partial charge on any atom is 0.220 e. The summed E-state index contributed by atoms with van der Waals surface area (Å²) in [5.74, 6) is -0.138. The molecule has 0 radical (unpaired) electrons. The van der Waals surface area contributed by atoms with Gasteiger partial charge in [0, 0.05) is 6.42 Å². The molecule has 0 bridgehead atoms. The van der Waals surface area contributed by atoms with E-state index in [0.717, 1.165) is 38.5 Å². The molecular weight excluding hydrogens is 743 g/mol. The van der Waals surface area contributed by atoms with E-state index in [2.05, 4.69) is 19.2 Å². The zero-order valence-electron chi connectivity index (χ0n) is 38.8. The van der Waals surface area contributed by atoms with Gasteiger partial charge < -0.3 is 40.3 Å². The summed E-state index contributed by atoms with van der Waals surface area (Å²) in [5.41, 5.74) is 0. The van der Waals surface area contributed by atoms with E-state index in [4.69, 9.17) is 9.47 Å². The second-order valence-corrected chi connectivity index (χ2v) is 18.3. The molecule has 0 spiro atoms. The minimum atomic E-state index is -1.55. The summed E-state index contributed by atoms with van der Waals surface area (Å²) in [4.78, 5) is 13.0. The van der Waals surface area contributed by atoms with Crippen LogP contribution in [0.25, 0.3) is 0 Å². The van der Waals surface area contributed by atoms with Crippen molar-refractivity contribution >= 4 is 5.91 Å². The van der Waals surface area contributed by atoms with Crippen molar-refractivity contribution < 1.29 is 39.8 Å². The van der Waals surface area contributed by atoms with Gasteiger partial charge in [-0.1, -0.05) is 239 Å². The fourth-order valence-electron chi connectivity index (χ4n) is 8.58. The maximum atomic E-state index is 13.0. The molecule has 0 aromatic heterocycles. The molecule has 0 aliphatic carbocycles. The van der Waals surface area contributed by atoms with E-state index < -0.39 is 49.5 Å². The van der Waals surface area contributed by atoms with Crippen LogP contribution in [0.15, 0.2) is 0 Å². The van der Waals surface area contributed by atoms with Gasteiger partial charge in [0.15, 0.2) is 6.29 Å². The number of rotatable bonds is 44. The average Bonchev–Trinajstić information content (AvgIpc) is 3.23. The first-order chi connectivity index (χ1) is 28.8. The summed E-state index contributed by atoms with van der Waals surface area (Å²) in [6, 6.07) is -0.712. The lowest BCUT2D eigenvalue weighted by Crippen LogP contribution is -2.60. The molecule has 1 rings (SSSR count). The Hall–Kier alpha value is -0.810. The third kappa shape index (κ3) is 31.6. The van der Waals surface area contributed by atoms with E-state index in [0.29, 0.717) is 12.8 Å². The highest BCUT2D eigenvalue weighted by molar-refractivity contribution is 5.76. The molecule has 9 nitrogen and oxygen atoms in total. The van der Waals surface area contributed by atoms with Crippen LogP contribution < -0.4 is 5.32 Å². The van der Waals surface area contributed by atoms with Gasteiger partial charge in [-0.25, -0.2) is 0 Å². The molecule has 1 aliphatic heterocycles. The molecule has 0 saturated carbocycles. The maximum absolute atomic E-state index is 13.0. The fraction of sp³-hybridized carbons (Fsp3) is 0.980. The van der Waals surface area contributed by atoms with Gasteiger partial charge >= 0.3 is 0 Å². The van der Waals surface area contributed by atoms with Gasteiger partial charge in [-0.3, -0.25) is 4.79 Å². The molecule has 1 heterocycles. The van der Waals surface area contributed by atoms with Crippen LogP contribution in [0.1, 0.15) is 258 Å². The van der Waals surface area contributed by atoms with Crippen molar-refractivity contribution in [1.82, 2.24) is 5.32 Å². The Balaban J connectivity index is 2.24. The number of unbranched alkanes of at least 4 members (excludes halogenated alkanes) is 34. The number of amides is 1. The SMILES string of the molecule is CCCCCCCCCCCCCCCCCCCCCCCC(=O)N[C@@H](CO[C@@H]1O[C@H](CO)[C@@H](O)C(O)C1O)[C@H](O)CCCCCCCCCCCCCCCCC. The van der Waals surface area contributed by atoms with E-state index in [9.17, 15) is 30.3 Å². The number of carbonyl (C=O) groups excluding carboxylic acids is 1. The van der Waals surface area contributed by atoms with Crippen molar-refractivity contribution in [2.24, 2.45) is 0 Å². The largest absolute Gasteiger partial charge is 0.394 e. The lowest BCUT2D eigenvalue weighted by atomic mass is 9.99. The summed E-state index contributed by atoms with van der Waals surface area (Å²) in [6.07, 6.45) is 39.7. The van der Waals surface area contributed by atoms with Gasteiger partial charge in [-0.05, 0) is 12.8 Å². The fourth-order valence-corrected chi connectivity index (χ4v) is 8.58. The second-order valence-electron chi connectivity index (χ2n) is 18.3. The van der Waals surface area contributed by atoms with Crippen molar-refractivity contribution in [3.8, 4) is 0 Å². The number of aliphatic hydroxyl groups is 5. The Morgan fingerprint density at radius 2 is 0.847 bits per heavy atom. The number of ether oxygens (including phenoxy) is 2. The van der Waals surface area contributed by atoms with Crippen LogP contribution in [0.2, 0.25) is 0 Å². The molecule has 352 valence electrons. The van der Waals surface area contributed by atoms with Gasteiger partial charge in [0.05, 0.1) is 25.4 Å². The topological polar surface area (TPSA) is 149 Å².